The summed E-state index contributed by atoms with van der Waals surface area (Å²) in [6.45, 7) is 0. The minimum absolute atomic E-state index is 0.192. The lowest BCUT2D eigenvalue weighted by Gasteiger charge is -2.44. The van der Waals surface area contributed by atoms with Gasteiger partial charge in [0.05, 0.1) is 6.26 Å². The molecular weight excluding hydrogens is 235 g/mol. The first kappa shape index (κ1) is 11.0. The van der Waals surface area contributed by atoms with Crippen LogP contribution in [-0.2, 0) is 4.79 Å². The molecule has 1 aliphatic heterocycles. The van der Waals surface area contributed by atoms with Crippen LogP contribution in [0.4, 0.5) is 10.1 Å². The number of β-lactam (4-membered cyclic amide) rings is 1. The monoisotopic (exact) mass is 246 g/mol. The maximum absolute atomic E-state index is 12.9. The van der Waals surface area contributed by atoms with Crippen molar-refractivity contribution in [2.75, 3.05) is 4.90 Å². The summed E-state index contributed by atoms with van der Waals surface area (Å²) < 4.78 is 18.2. The third-order valence-corrected chi connectivity index (χ3v) is 3.08. The highest BCUT2D eigenvalue weighted by molar-refractivity contribution is 6.05. The molecule has 18 heavy (non-hydrogen) atoms. The van der Waals surface area contributed by atoms with E-state index in [0.29, 0.717) is 11.4 Å². The number of amides is 1. The lowest BCUT2D eigenvalue weighted by Crippen LogP contribution is -2.63. The molecule has 3 rings (SSSR count). The molecule has 1 aliphatic rings. The van der Waals surface area contributed by atoms with Crippen LogP contribution in [0.2, 0.25) is 0 Å². The predicted molar refractivity (Wildman–Crippen MR) is 63.3 cm³/mol. The first-order valence-corrected chi connectivity index (χ1v) is 5.56. The Morgan fingerprint density at radius 2 is 1.94 bits per heavy atom. The Morgan fingerprint density at radius 1 is 1.22 bits per heavy atom. The van der Waals surface area contributed by atoms with E-state index >= 15 is 0 Å². The van der Waals surface area contributed by atoms with Gasteiger partial charge < -0.3 is 10.2 Å². The molecule has 92 valence electrons. The van der Waals surface area contributed by atoms with Crippen LogP contribution in [0, 0.1) is 5.82 Å². The highest BCUT2D eigenvalue weighted by Gasteiger charge is 2.48. The Morgan fingerprint density at radius 3 is 2.56 bits per heavy atom. The quantitative estimate of drug-likeness (QED) is 0.822. The van der Waals surface area contributed by atoms with Crippen LogP contribution in [0.5, 0.6) is 0 Å². The van der Waals surface area contributed by atoms with Gasteiger partial charge in [-0.25, -0.2) is 4.39 Å². The van der Waals surface area contributed by atoms with Crippen LogP contribution in [0.15, 0.2) is 47.1 Å². The number of nitrogens with zero attached hydrogens (tertiary/aromatic N) is 1. The molecular formula is C13H11FN2O2. The summed E-state index contributed by atoms with van der Waals surface area (Å²) in [5.41, 5.74) is 6.41. The molecule has 2 atom stereocenters. The Bertz CT molecular complexity index is 565. The maximum atomic E-state index is 12.9. The smallest absolute Gasteiger partial charge is 0.247 e. The van der Waals surface area contributed by atoms with E-state index in [2.05, 4.69) is 0 Å². The molecule has 1 aromatic heterocycles. The average molecular weight is 246 g/mol. The van der Waals surface area contributed by atoms with E-state index in [1.54, 1.807) is 24.3 Å². The zero-order valence-electron chi connectivity index (χ0n) is 9.42. The van der Waals surface area contributed by atoms with Crippen LogP contribution in [0.3, 0.4) is 0 Å². The molecule has 0 saturated carbocycles. The van der Waals surface area contributed by atoms with Gasteiger partial charge >= 0.3 is 0 Å². The van der Waals surface area contributed by atoms with E-state index < -0.39 is 6.04 Å². The fourth-order valence-corrected chi connectivity index (χ4v) is 2.16. The van der Waals surface area contributed by atoms with Crippen LogP contribution >= 0.6 is 0 Å². The molecule has 5 heteroatoms. The van der Waals surface area contributed by atoms with Gasteiger partial charge in [0.15, 0.2) is 0 Å². The lowest BCUT2D eigenvalue weighted by molar-refractivity contribution is -0.126. The van der Waals surface area contributed by atoms with E-state index in [9.17, 15) is 9.18 Å². The standard InChI is InChI=1S/C13H11FN2O2/c14-8-3-5-9(6-4-8)16-12(11(15)13(16)17)10-2-1-7-18-10/h1-7,11-12H,15H2/t11-,12+/m0/s1. The van der Waals surface area contributed by atoms with Gasteiger partial charge in [0, 0.05) is 5.69 Å². The summed E-state index contributed by atoms with van der Waals surface area (Å²) in [6.07, 6.45) is 1.54. The van der Waals surface area contributed by atoms with E-state index in [1.165, 1.54) is 23.3 Å². The Kier molecular flexibility index (Phi) is 2.41. The largest absolute Gasteiger partial charge is 0.467 e. The number of hydrogen-bond acceptors (Lipinski definition) is 3. The first-order valence-electron chi connectivity index (χ1n) is 5.56. The number of furan rings is 1. The molecule has 2 aromatic rings. The average Bonchev–Trinajstić information content (AvgIpc) is 2.89. The molecule has 0 unspecified atom stereocenters. The van der Waals surface area contributed by atoms with E-state index in [1.807, 2.05) is 0 Å². The molecule has 0 radical (unpaired) electrons. The highest BCUT2D eigenvalue weighted by Crippen LogP contribution is 2.38. The maximum Gasteiger partial charge on any atom is 0.247 e. The molecule has 1 amide bonds. The van der Waals surface area contributed by atoms with Crippen LogP contribution < -0.4 is 10.6 Å². The van der Waals surface area contributed by atoms with Crippen molar-refractivity contribution in [3.8, 4) is 0 Å². The number of rotatable bonds is 2. The molecule has 0 spiro atoms. The van der Waals surface area contributed by atoms with Crippen molar-refractivity contribution in [1.82, 2.24) is 0 Å². The normalized spacial score (nSPS) is 23.0. The van der Waals surface area contributed by atoms with Crippen molar-refractivity contribution in [1.29, 1.82) is 0 Å². The van der Waals surface area contributed by atoms with Gasteiger partial charge in [0.25, 0.3) is 0 Å². The number of nitrogens with two attached hydrogens (primary N) is 1. The topological polar surface area (TPSA) is 59.5 Å². The van der Waals surface area contributed by atoms with Gasteiger partial charge in [-0.15, -0.1) is 0 Å². The van der Waals surface area contributed by atoms with Crippen molar-refractivity contribution >= 4 is 11.6 Å². The summed E-state index contributed by atoms with van der Waals surface area (Å²) in [4.78, 5) is 13.3. The van der Waals surface area contributed by atoms with Crippen LogP contribution in [-0.4, -0.2) is 11.9 Å². The van der Waals surface area contributed by atoms with Crippen LogP contribution in [0.25, 0.3) is 0 Å². The molecule has 2 heterocycles. The summed E-state index contributed by atoms with van der Waals surface area (Å²) in [7, 11) is 0. The summed E-state index contributed by atoms with van der Waals surface area (Å²) in [5.74, 6) is 0.0972. The molecule has 2 N–H and O–H groups in total. The molecule has 0 bridgehead atoms. The molecule has 1 saturated heterocycles. The number of halogens is 1. The van der Waals surface area contributed by atoms with Gasteiger partial charge in [0.2, 0.25) is 5.91 Å². The Balaban J connectivity index is 1.95. The number of anilines is 1. The van der Waals surface area contributed by atoms with Crippen molar-refractivity contribution in [2.45, 2.75) is 12.1 Å². The van der Waals surface area contributed by atoms with Crippen molar-refractivity contribution < 1.29 is 13.6 Å². The van der Waals surface area contributed by atoms with Crippen molar-refractivity contribution in [3.05, 3.63) is 54.2 Å². The van der Waals surface area contributed by atoms with Gasteiger partial charge in [-0.05, 0) is 36.4 Å². The molecule has 4 nitrogen and oxygen atoms in total. The summed E-state index contributed by atoms with van der Waals surface area (Å²) in [5, 5.41) is 0. The van der Waals surface area contributed by atoms with Gasteiger partial charge in [-0.3, -0.25) is 9.69 Å². The number of hydrogen-bond donors (Lipinski definition) is 1. The van der Waals surface area contributed by atoms with Crippen LogP contribution in [0.1, 0.15) is 11.8 Å². The molecule has 1 fully saturated rings. The zero-order chi connectivity index (χ0) is 12.7. The first-order chi connectivity index (χ1) is 8.68. The number of carbonyl (C=O) groups excluding carboxylic acids is 1. The molecule has 0 aliphatic carbocycles. The number of carbonyl (C=O) groups is 1. The second-order valence-corrected chi connectivity index (χ2v) is 4.17. The highest BCUT2D eigenvalue weighted by atomic mass is 19.1. The summed E-state index contributed by atoms with van der Waals surface area (Å²) >= 11 is 0. The van der Waals surface area contributed by atoms with Gasteiger partial charge in [-0.2, -0.15) is 0 Å². The van der Waals surface area contributed by atoms with Gasteiger partial charge in [0.1, 0.15) is 23.7 Å². The fraction of sp³-hybridized carbons (Fsp3) is 0.154. The third-order valence-electron chi connectivity index (χ3n) is 3.08. The zero-order valence-corrected chi connectivity index (χ0v) is 9.42. The summed E-state index contributed by atoms with van der Waals surface area (Å²) in [6, 6.07) is 8.31. The van der Waals surface area contributed by atoms with Gasteiger partial charge in [-0.1, -0.05) is 0 Å². The Hall–Kier alpha value is -2.14. The molecule has 1 aromatic carbocycles. The SMILES string of the molecule is N[C@@H]1C(=O)N(c2ccc(F)cc2)[C@@H]1c1ccco1. The predicted octanol–water partition coefficient (Wildman–Crippen LogP) is 1.83. The third kappa shape index (κ3) is 1.52. The van der Waals surface area contributed by atoms with E-state index in [-0.39, 0.29) is 17.8 Å². The second-order valence-electron chi connectivity index (χ2n) is 4.17. The van der Waals surface area contributed by atoms with Crippen molar-refractivity contribution in [3.63, 3.8) is 0 Å². The van der Waals surface area contributed by atoms with Crippen molar-refractivity contribution in [2.24, 2.45) is 5.73 Å². The second kappa shape index (κ2) is 3.96. The lowest BCUT2D eigenvalue weighted by atomic mass is 9.92. The fourth-order valence-electron chi connectivity index (χ4n) is 2.16. The minimum Gasteiger partial charge on any atom is -0.467 e. The number of benzene rings is 1. The van der Waals surface area contributed by atoms with E-state index in [0.717, 1.165) is 0 Å². The Labute approximate surface area is 103 Å². The van der Waals surface area contributed by atoms with E-state index in [4.69, 9.17) is 10.2 Å². The minimum atomic E-state index is -0.610.